The molecular formula is C15H18N2O2S. The Morgan fingerprint density at radius 2 is 2.20 bits per heavy atom. The zero-order valence-corrected chi connectivity index (χ0v) is 12.3. The molecule has 4 nitrogen and oxygen atoms in total. The lowest BCUT2D eigenvalue weighted by Crippen LogP contribution is -2.44. The lowest BCUT2D eigenvalue weighted by Gasteiger charge is -2.39. The summed E-state index contributed by atoms with van der Waals surface area (Å²) in [4.78, 5) is 18.2. The Labute approximate surface area is 122 Å². The van der Waals surface area contributed by atoms with Crippen LogP contribution in [0.4, 0.5) is 5.82 Å². The molecule has 1 fully saturated rings. The summed E-state index contributed by atoms with van der Waals surface area (Å²) >= 11 is 1.71. The highest BCUT2D eigenvalue weighted by molar-refractivity contribution is 7.17. The summed E-state index contributed by atoms with van der Waals surface area (Å²) in [6, 6.07) is 4.13. The van der Waals surface area contributed by atoms with Gasteiger partial charge in [0.2, 0.25) is 0 Å². The van der Waals surface area contributed by atoms with Crippen molar-refractivity contribution in [2.45, 2.75) is 26.2 Å². The van der Waals surface area contributed by atoms with Crippen LogP contribution in [0, 0.1) is 5.41 Å². The zero-order valence-electron chi connectivity index (χ0n) is 11.5. The number of pyridine rings is 1. The second-order valence-electron chi connectivity index (χ2n) is 5.39. The smallest absolute Gasteiger partial charge is 0.309 e. The van der Waals surface area contributed by atoms with E-state index < -0.39 is 11.4 Å². The minimum absolute atomic E-state index is 0.543. The summed E-state index contributed by atoms with van der Waals surface area (Å²) < 4.78 is 1.24. The average molecular weight is 290 g/mol. The predicted octanol–water partition coefficient (Wildman–Crippen LogP) is 3.38. The first-order valence-corrected chi connectivity index (χ1v) is 7.85. The van der Waals surface area contributed by atoms with Gasteiger partial charge in [0.1, 0.15) is 5.82 Å². The third-order valence-corrected chi connectivity index (χ3v) is 5.39. The van der Waals surface area contributed by atoms with Crippen molar-refractivity contribution in [3.63, 3.8) is 0 Å². The van der Waals surface area contributed by atoms with Gasteiger partial charge in [-0.15, -0.1) is 11.3 Å². The van der Waals surface area contributed by atoms with Gasteiger partial charge in [-0.3, -0.25) is 4.79 Å². The van der Waals surface area contributed by atoms with E-state index in [-0.39, 0.29) is 0 Å². The molecule has 0 bridgehead atoms. The first kappa shape index (κ1) is 13.4. The van der Waals surface area contributed by atoms with E-state index in [4.69, 9.17) is 0 Å². The summed E-state index contributed by atoms with van der Waals surface area (Å²) in [7, 11) is 0. The van der Waals surface area contributed by atoms with Crippen LogP contribution in [-0.4, -0.2) is 29.1 Å². The van der Waals surface area contributed by atoms with Gasteiger partial charge < -0.3 is 10.0 Å². The fourth-order valence-corrected chi connectivity index (χ4v) is 3.77. The third kappa shape index (κ3) is 2.06. The van der Waals surface area contributed by atoms with Crippen LogP contribution in [0.25, 0.3) is 10.1 Å². The van der Waals surface area contributed by atoms with Crippen LogP contribution in [0.2, 0.25) is 0 Å². The molecule has 1 saturated heterocycles. The molecule has 5 heteroatoms. The van der Waals surface area contributed by atoms with E-state index in [1.165, 1.54) is 10.1 Å². The summed E-state index contributed by atoms with van der Waals surface area (Å²) in [6.45, 7) is 3.51. The minimum atomic E-state index is -0.652. The lowest BCUT2D eigenvalue weighted by atomic mass is 9.76. The normalized spacial score (nSPS) is 18.4. The van der Waals surface area contributed by atoms with Gasteiger partial charge in [-0.05, 0) is 36.8 Å². The number of carbonyl (C=O) groups is 1. The fraction of sp³-hybridized carbons (Fsp3) is 0.467. The second-order valence-corrected chi connectivity index (χ2v) is 6.34. The molecule has 1 aliphatic heterocycles. The van der Waals surface area contributed by atoms with E-state index >= 15 is 0 Å². The number of hydrogen-bond acceptors (Lipinski definition) is 4. The van der Waals surface area contributed by atoms with Crippen LogP contribution in [0.1, 0.15) is 26.2 Å². The molecule has 0 saturated carbocycles. The van der Waals surface area contributed by atoms with Crippen molar-refractivity contribution in [2.24, 2.45) is 5.41 Å². The predicted molar refractivity (Wildman–Crippen MR) is 81.4 cm³/mol. The molecular weight excluding hydrogens is 272 g/mol. The van der Waals surface area contributed by atoms with Gasteiger partial charge >= 0.3 is 5.97 Å². The van der Waals surface area contributed by atoms with Crippen LogP contribution in [-0.2, 0) is 4.79 Å². The zero-order chi connectivity index (χ0) is 14.2. The molecule has 1 N–H and O–H groups in total. The van der Waals surface area contributed by atoms with Gasteiger partial charge in [-0.25, -0.2) is 4.98 Å². The van der Waals surface area contributed by atoms with E-state index in [0.717, 1.165) is 18.9 Å². The number of carboxylic acid groups (broad SMARTS) is 1. The summed E-state index contributed by atoms with van der Waals surface area (Å²) in [6.07, 6.45) is 3.93. The second kappa shape index (κ2) is 5.05. The van der Waals surface area contributed by atoms with Crippen molar-refractivity contribution >= 4 is 33.2 Å². The van der Waals surface area contributed by atoms with Crippen LogP contribution < -0.4 is 4.90 Å². The molecule has 0 radical (unpaired) electrons. The number of rotatable bonds is 3. The van der Waals surface area contributed by atoms with E-state index in [0.29, 0.717) is 19.3 Å². The van der Waals surface area contributed by atoms with Gasteiger partial charge in [0.25, 0.3) is 0 Å². The maximum atomic E-state index is 11.5. The highest BCUT2D eigenvalue weighted by Crippen LogP contribution is 2.38. The minimum Gasteiger partial charge on any atom is -0.481 e. The molecule has 0 unspecified atom stereocenters. The first-order chi connectivity index (χ1) is 9.66. The highest BCUT2D eigenvalue weighted by Gasteiger charge is 2.40. The van der Waals surface area contributed by atoms with Crippen molar-refractivity contribution in [3.8, 4) is 0 Å². The van der Waals surface area contributed by atoms with Crippen LogP contribution in [0.3, 0.4) is 0 Å². The maximum absolute atomic E-state index is 11.5. The van der Waals surface area contributed by atoms with Gasteiger partial charge in [0.15, 0.2) is 0 Å². The molecule has 3 heterocycles. The molecule has 2 aromatic rings. The standard InChI is InChI=1S/C15H18N2O2S/c1-2-15(14(18)19)5-8-17(9-6-15)13-11-4-10-20-12(11)3-7-16-13/h3-4,7,10H,2,5-6,8-9H2,1H3,(H,18,19). The topological polar surface area (TPSA) is 53.4 Å². The van der Waals surface area contributed by atoms with Crippen LogP contribution in [0.15, 0.2) is 23.7 Å². The van der Waals surface area contributed by atoms with Crippen molar-refractivity contribution < 1.29 is 9.90 Å². The van der Waals surface area contributed by atoms with Crippen molar-refractivity contribution in [2.75, 3.05) is 18.0 Å². The molecule has 0 amide bonds. The molecule has 3 rings (SSSR count). The van der Waals surface area contributed by atoms with Gasteiger partial charge in [-0.1, -0.05) is 6.92 Å². The molecule has 106 valence electrons. The molecule has 0 aliphatic carbocycles. The average Bonchev–Trinajstić information content (AvgIpc) is 2.95. The maximum Gasteiger partial charge on any atom is 0.309 e. The molecule has 0 spiro atoms. The lowest BCUT2D eigenvalue weighted by molar-refractivity contribution is -0.150. The Hall–Kier alpha value is -1.62. The Balaban J connectivity index is 1.85. The van der Waals surface area contributed by atoms with Crippen LogP contribution in [0.5, 0.6) is 0 Å². The van der Waals surface area contributed by atoms with Crippen LogP contribution >= 0.6 is 11.3 Å². The molecule has 0 aromatic carbocycles. The Morgan fingerprint density at radius 3 is 2.85 bits per heavy atom. The number of aromatic nitrogens is 1. The monoisotopic (exact) mass is 290 g/mol. The van der Waals surface area contributed by atoms with Gasteiger partial charge in [-0.2, -0.15) is 0 Å². The van der Waals surface area contributed by atoms with E-state index in [1.807, 2.05) is 19.2 Å². The summed E-state index contributed by atoms with van der Waals surface area (Å²) in [5.74, 6) is 0.347. The van der Waals surface area contributed by atoms with E-state index in [2.05, 4.69) is 21.3 Å². The van der Waals surface area contributed by atoms with E-state index in [1.54, 1.807) is 11.3 Å². The van der Waals surface area contributed by atoms with E-state index in [9.17, 15) is 9.90 Å². The summed E-state index contributed by atoms with van der Waals surface area (Å²) in [5.41, 5.74) is -0.543. The molecule has 2 aromatic heterocycles. The number of anilines is 1. The van der Waals surface area contributed by atoms with Gasteiger partial charge in [0.05, 0.1) is 5.41 Å². The number of piperidine rings is 1. The highest BCUT2D eigenvalue weighted by atomic mass is 32.1. The number of carboxylic acids is 1. The third-order valence-electron chi connectivity index (χ3n) is 4.51. The first-order valence-electron chi connectivity index (χ1n) is 6.97. The van der Waals surface area contributed by atoms with Crippen molar-refractivity contribution in [1.82, 2.24) is 4.98 Å². The Kier molecular flexibility index (Phi) is 3.38. The Morgan fingerprint density at radius 1 is 1.45 bits per heavy atom. The largest absolute Gasteiger partial charge is 0.481 e. The number of fused-ring (bicyclic) bond motifs is 1. The molecule has 0 atom stereocenters. The van der Waals surface area contributed by atoms with Gasteiger partial charge in [0, 0.05) is 29.4 Å². The number of thiophene rings is 1. The number of hydrogen-bond donors (Lipinski definition) is 1. The SMILES string of the molecule is CCC1(C(=O)O)CCN(c2nccc3sccc23)CC1. The fourth-order valence-electron chi connectivity index (χ4n) is 3.00. The number of nitrogens with zero attached hydrogens (tertiary/aromatic N) is 2. The Bertz CT molecular complexity index is 630. The quantitative estimate of drug-likeness (QED) is 0.941. The van der Waals surface area contributed by atoms with Crippen molar-refractivity contribution in [3.05, 3.63) is 23.7 Å². The molecule has 20 heavy (non-hydrogen) atoms. The number of aliphatic carboxylic acids is 1. The van der Waals surface area contributed by atoms with Crippen molar-refractivity contribution in [1.29, 1.82) is 0 Å². The summed E-state index contributed by atoms with van der Waals surface area (Å²) in [5, 5.41) is 12.7. The molecule has 1 aliphatic rings.